The molecule has 1 aromatic rings. The van der Waals surface area contributed by atoms with E-state index in [9.17, 15) is 17.2 Å². The summed E-state index contributed by atoms with van der Waals surface area (Å²) in [5.41, 5.74) is 5.76. The SMILES string of the molecule is CCC(N)(CC)CNc1ccccc1S(=O)(=O)C(F)F. The number of benzene rings is 1. The molecule has 0 amide bonds. The van der Waals surface area contributed by atoms with Crippen molar-refractivity contribution in [2.24, 2.45) is 5.73 Å². The molecular formula is C13H20F2N2O2S. The Balaban J connectivity index is 3.04. The summed E-state index contributed by atoms with van der Waals surface area (Å²) in [4.78, 5) is -0.399. The van der Waals surface area contributed by atoms with Gasteiger partial charge in [-0.25, -0.2) is 8.42 Å². The van der Waals surface area contributed by atoms with Gasteiger partial charge in [-0.05, 0) is 25.0 Å². The van der Waals surface area contributed by atoms with Crippen molar-refractivity contribution in [3.63, 3.8) is 0 Å². The second kappa shape index (κ2) is 6.49. The van der Waals surface area contributed by atoms with E-state index in [-0.39, 0.29) is 5.69 Å². The first kappa shape index (κ1) is 16.8. The van der Waals surface area contributed by atoms with Crippen LogP contribution >= 0.6 is 0 Å². The fourth-order valence-electron chi connectivity index (χ4n) is 1.73. The summed E-state index contributed by atoms with van der Waals surface area (Å²) in [5.74, 6) is -3.44. The molecular weight excluding hydrogens is 286 g/mol. The summed E-state index contributed by atoms with van der Waals surface area (Å²) in [6.07, 6.45) is 1.39. The molecule has 1 rings (SSSR count). The van der Waals surface area contributed by atoms with Gasteiger partial charge in [0.05, 0.1) is 10.6 Å². The predicted octanol–water partition coefficient (Wildman–Crippen LogP) is 2.61. The average Bonchev–Trinajstić information content (AvgIpc) is 2.44. The van der Waals surface area contributed by atoms with Gasteiger partial charge in [0.1, 0.15) is 0 Å². The van der Waals surface area contributed by atoms with Crippen LogP contribution in [0.2, 0.25) is 0 Å². The van der Waals surface area contributed by atoms with Crippen molar-refractivity contribution in [1.82, 2.24) is 0 Å². The lowest BCUT2D eigenvalue weighted by atomic mass is 9.94. The first-order chi connectivity index (χ1) is 9.27. The highest BCUT2D eigenvalue weighted by Gasteiger charge is 2.29. The summed E-state index contributed by atoms with van der Waals surface area (Å²) >= 11 is 0. The normalized spacial score (nSPS) is 12.7. The van der Waals surface area contributed by atoms with Gasteiger partial charge in [-0.2, -0.15) is 8.78 Å². The van der Waals surface area contributed by atoms with Crippen LogP contribution in [-0.2, 0) is 9.84 Å². The molecule has 0 aliphatic carbocycles. The van der Waals surface area contributed by atoms with E-state index in [2.05, 4.69) is 5.32 Å². The second-order valence-corrected chi connectivity index (χ2v) is 6.61. The molecule has 0 saturated carbocycles. The van der Waals surface area contributed by atoms with Crippen molar-refractivity contribution in [3.05, 3.63) is 24.3 Å². The number of alkyl halides is 2. The van der Waals surface area contributed by atoms with Gasteiger partial charge in [0.2, 0.25) is 9.84 Å². The van der Waals surface area contributed by atoms with Crippen molar-refractivity contribution in [1.29, 1.82) is 0 Å². The molecule has 0 aromatic heterocycles. The number of hydrogen-bond donors (Lipinski definition) is 2. The Morgan fingerprint density at radius 2 is 1.80 bits per heavy atom. The Morgan fingerprint density at radius 3 is 2.30 bits per heavy atom. The minimum Gasteiger partial charge on any atom is -0.382 e. The van der Waals surface area contributed by atoms with E-state index < -0.39 is 26.0 Å². The fourth-order valence-corrected chi connectivity index (χ4v) is 2.63. The van der Waals surface area contributed by atoms with Gasteiger partial charge in [0.25, 0.3) is 0 Å². The average molecular weight is 306 g/mol. The van der Waals surface area contributed by atoms with Gasteiger partial charge in [-0.15, -0.1) is 0 Å². The van der Waals surface area contributed by atoms with Crippen LogP contribution in [0.1, 0.15) is 26.7 Å². The zero-order chi connectivity index (χ0) is 15.4. The lowest BCUT2D eigenvalue weighted by molar-refractivity contribution is 0.235. The molecule has 0 radical (unpaired) electrons. The molecule has 20 heavy (non-hydrogen) atoms. The smallest absolute Gasteiger partial charge is 0.341 e. The fraction of sp³-hybridized carbons (Fsp3) is 0.538. The molecule has 0 atom stereocenters. The van der Waals surface area contributed by atoms with Crippen LogP contribution in [0.15, 0.2) is 29.2 Å². The third-order valence-electron chi connectivity index (χ3n) is 3.47. The summed E-state index contributed by atoms with van der Waals surface area (Å²) in [5, 5.41) is 2.88. The first-order valence-electron chi connectivity index (χ1n) is 6.40. The van der Waals surface area contributed by atoms with Crippen LogP contribution in [0.5, 0.6) is 0 Å². The van der Waals surface area contributed by atoms with Crippen molar-refractivity contribution < 1.29 is 17.2 Å². The maximum atomic E-state index is 12.6. The van der Waals surface area contributed by atoms with Crippen molar-refractivity contribution in [2.45, 2.75) is 42.9 Å². The quantitative estimate of drug-likeness (QED) is 0.812. The molecule has 0 bridgehead atoms. The lowest BCUT2D eigenvalue weighted by Crippen LogP contribution is -2.45. The zero-order valence-corrected chi connectivity index (χ0v) is 12.4. The van der Waals surface area contributed by atoms with Gasteiger partial charge in [0, 0.05) is 12.1 Å². The highest BCUT2D eigenvalue weighted by molar-refractivity contribution is 7.91. The van der Waals surface area contributed by atoms with E-state index in [1.54, 1.807) is 6.07 Å². The second-order valence-electron chi connectivity index (χ2n) is 4.72. The standard InChI is InChI=1S/C13H20F2N2O2S/c1-3-13(16,4-2)9-17-10-7-5-6-8-11(10)20(18,19)12(14)15/h5-8,12,17H,3-4,9,16H2,1-2H3. The van der Waals surface area contributed by atoms with Gasteiger partial charge >= 0.3 is 5.76 Å². The number of halogens is 2. The van der Waals surface area contributed by atoms with Gasteiger partial charge < -0.3 is 11.1 Å². The third-order valence-corrected chi connectivity index (χ3v) is 4.91. The maximum Gasteiger partial charge on any atom is 0.341 e. The third kappa shape index (κ3) is 3.67. The summed E-state index contributed by atoms with van der Waals surface area (Å²) in [6, 6.07) is 5.62. The van der Waals surface area contributed by atoms with Crippen molar-refractivity contribution >= 4 is 15.5 Å². The Kier molecular flexibility index (Phi) is 5.47. The van der Waals surface area contributed by atoms with Crippen LogP contribution < -0.4 is 11.1 Å². The van der Waals surface area contributed by atoms with Gasteiger partial charge in [-0.3, -0.25) is 0 Å². The van der Waals surface area contributed by atoms with Crippen LogP contribution in [0.4, 0.5) is 14.5 Å². The number of para-hydroxylation sites is 1. The largest absolute Gasteiger partial charge is 0.382 e. The first-order valence-corrected chi connectivity index (χ1v) is 7.95. The van der Waals surface area contributed by atoms with Crippen LogP contribution in [0.3, 0.4) is 0 Å². The monoisotopic (exact) mass is 306 g/mol. The van der Waals surface area contributed by atoms with Crippen LogP contribution in [-0.4, -0.2) is 26.3 Å². The molecule has 0 spiro atoms. The molecule has 3 N–H and O–H groups in total. The molecule has 0 unspecified atom stereocenters. The number of rotatable bonds is 7. The number of nitrogens with two attached hydrogens (primary N) is 1. The Hall–Kier alpha value is -1.21. The molecule has 1 aromatic carbocycles. The molecule has 0 fully saturated rings. The van der Waals surface area contributed by atoms with E-state index >= 15 is 0 Å². The molecule has 0 aliphatic rings. The summed E-state index contributed by atoms with van der Waals surface area (Å²) in [6.45, 7) is 4.16. The van der Waals surface area contributed by atoms with Crippen LogP contribution in [0.25, 0.3) is 0 Å². The summed E-state index contributed by atoms with van der Waals surface area (Å²) in [7, 11) is -4.63. The lowest BCUT2D eigenvalue weighted by Gasteiger charge is -2.27. The topological polar surface area (TPSA) is 72.2 Å². The van der Waals surface area contributed by atoms with Crippen LogP contribution in [0, 0.1) is 0 Å². The van der Waals surface area contributed by atoms with E-state index in [0.717, 1.165) is 0 Å². The molecule has 0 saturated heterocycles. The Morgan fingerprint density at radius 1 is 1.25 bits per heavy atom. The van der Waals surface area contributed by atoms with Gasteiger partial charge in [0.15, 0.2) is 0 Å². The highest BCUT2D eigenvalue weighted by Crippen LogP contribution is 2.26. The minimum atomic E-state index is -4.63. The van der Waals surface area contributed by atoms with E-state index in [4.69, 9.17) is 5.73 Å². The number of nitrogens with one attached hydrogen (secondary N) is 1. The summed E-state index contributed by atoms with van der Waals surface area (Å²) < 4.78 is 48.5. The van der Waals surface area contributed by atoms with Gasteiger partial charge in [-0.1, -0.05) is 26.0 Å². The van der Waals surface area contributed by atoms with E-state index in [0.29, 0.717) is 19.4 Å². The molecule has 7 heteroatoms. The van der Waals surface area contributed by atoms with E-state index in [1.807, 2.05) is 13.8 Å². The molecule has 114 valence electrons. The Bertz CT molecular complexity index is 543. The maximum absolute atomic E-state index is 12.6. The minimum absolute atomic E-state index is 0.157. The molecule has 0 aliphatic heterocycles. The Labute approximate surface area is 118 Å². The molecule has 4 nitrogen and oxygen atoms in total. The van der Waals surface area contributed by atoms with Crippen molar-refractivity contribution in [3.8, 4) is 0 Å². The zero-order valence-electron chi connectivity index (χ0n) is 11.6. The molecule has 0 heterocycles. The number of hydrogen-bond acceptors (Lipinski definition) is 4. The highest BCUT2D eigenvalue weighted by atomic mass is 32.2. The van der Waals surface area contributed by atoms with Crippen molar-refractivity contribution in [2.75, 3.05) is 11.9 Å². The predicted molar refractivity (Wildman–Crippen MR) is 75.6 cm³/mol. The number of anilines is 1. The number of sulfone groups is 1. The van der Waals surface area contributed by atoms with E-state index in [1.165, 1.54) is 18.2 Å².